The number of benzene rings is 1. The lowest BCUT2D eigenvalue weighted by Crippen LogP contribution is -2.36. The monoisotopic (exact) mass is 347 g/mol. The van der Waals surface area contributed by atoms with Crippen LogP contribution in [0.1, 0.15) is 17.5 Å². The van der Waals surface area contributed by atoms with Crippen LogP contribution in [0.3, 0.4) is 0 Å². The number of aromatic nitrogens is 1. The Labute approximate surface area is 132 Å². The summed E-state index contributed by atoms with van der Waals surface area (Å²) in [6.45, 7) is 1.94. The third-order valence-electron chi connectivity index (χ3n) is 3.22. The molecule has 1 unspecified atom stereocenters. The van der Waals surface area contributed by atoms with E-state index in [0.29, 0.717) is 12.2 Å². The second-order valence-corrected chi connectivity index (χ2v) is 5.79. The van der Waals surface area contributed by atoms with E-state index in [0.717, 1.165) is 16.5 Å². The highest BCUT2D eigenvalue weighted by atomic mass is 79.9. The first-order valence-electron chi connectivity index (χ1n) is 6.79. The van der Waals surface area contributed by atoms with Crippen molar-refractivity contribution >= 4 is 27.7 Å². The number of nitrogens with two attached hydrogens (primary N) is 1. The largest absolute Gasteiger partial charge is 0.320 e. The number of hydrogen-bond acceptors (Lipinski definition) is 3. The quantitative estimate of drug-likeness (QED) is 0.873. The van der Waals surface area contributed by atoms with Crippen molar-refractivity contribution in [3.8, 4) is 0 Å². The summed E-state index contributed by atoms with van der Waals surface area (Å²) in [7, 11) is 0. The first kappa shape index (κ1) is 15.7. The van der Waals surface area contributed by atoms with Gasteiger partial charge in [-0.3, -0.25) is 4.79 Å². The van der Waals surface area contributed by atoms with Gasteiger partial charge in [0.2, 0.25) is 5.91 Å². The van der Waals surface area contributed by atoms with Crippen LogP contribution in [0.5, 0.6) is 0 Å². The fourth-order valence-corrected chi connectivity index (χ4v) is 2.14. The van der Waals surface area contributed by atoms with Gasteiger partial charge in [0, 0.05) is 10.7 Å². The lowest BCUT2D eigenvalue weighted by atomic mass is 10.1. The molecule has 0 saturated carbocycles. The van der Waals surface area contributed by atoms with Gasteiger partial charge >= 0.3 is 0 Å². The fourth-order valence-electron chi connectivity index (χ4n) is 1.92. The normalized spacial score (nSPS) is 12.0. The van der Waals surface area contributed by atoms with Crippen LogP contribution in [0.4, 0.5) is 5.82 Å². The van der Waals surface area contributed by atoms with E-state index in [1.165, 1.54) is 5.56 Å². The number of carbonyl (C=O) groups is 1. The number of hydrogen-bond donors (Lipinski definition) is 2. The molecular formula is C16H18BrN3O. The van der Waals surface area contributed by atoms with Crippen molar-refractivity contribution < 1.29 is 4.79 Å². The number of aryl methyl sites for hydroxylation is 2. The van der Waals surface area contributed by atoms with Crippen molar-refractivity contribution in [2.24, 2.45) is 5.73 Å². The fraction of sp³-hybridized carbons (Fsp3) is 0.250. The summed E-state index contributed by atoms with van der Waals surface area (Å²) in [4.78, 5) is 16.2. The Morgan fingerprint density at radius 1 is 1.38 bits per heavy atom. The van der Waals surface area contributed by atoms with E-state index >= 15 is 0 Å². The summed E-state index contributed by atoms with van der Waals surface area (Å²) in [6, 6.07) is 11.3. The Hall–Kier alpha value is -1.72. The van der Waals surface area contributed by atoms with Crippen LogP contribution in [-0.4, -0.2) is 16.9 Å². The van der Waals surface area contributed by atoms with Gasteiger partial charge in [-0.1, -0.05) is 30.3 Å². The second kappa shape index (κ2) is 7.33. The molecular weight excluding hydrogens is 330 g/mol. The van der Waals surface area contributed by atoms with E-state index in [1.54, 1.807) is 6.20 Å². The maximum atomic E-state index is 12.0. The van der Waals surface area contributed by atoms with E-state index in [4.69, 9.17) is 5.73 Å². The molecule has 0 saturated heterocycles. The first-order chi connectivity index (χ1) is 10.1. The maximum Gasteiger partial charge on any atom is 0.242 e. The Kier molecular flexibility index (Phi) is 5.47. The van der Waals surface area contributed by atoms with Crippen LogP contribution in [-0.2, 0) is 11.2 Å². The predicted octanol–water partition coefficient (Wildman–Crippen LogP) is 3.05. The van der Waals surface area contributed by atoms with Gasteiger partial charge in [0.15, 0.2) is 0 Å². The molecule has 0 aliphatic heterocycles. The summed E-state index contributed by atoms with van der Waals surface area (Å²) in [5.41, 5.74) is 8.12. The van der Waals surface area contributed by atoms with Gasteiger partial charge in [0.25, 0.3) is 0 Å². The van der Waals surface area contributed by atoms with Crippen LogP contribution in [0.25, 0.3) is 0 Å². The number of halogens is 1. The molecule has 1 aromatic carbocycles. The third-order valence-corrected chi connectivity index (χ3v) is 4.05. The molecule has 0 spiro atoms. The SMILES string of the molecule is Cc1cc(NC(=O)C(N)CCc2ccccc2)ncc1Br. The van der Waals surface area contributed by atoms with Crippen molar-refractivity contribution in [2.75, 3.05) is 5.32 Å². The number of anilines is 1. The predicted molar refractivity (Wildman–Crippen MR) is 88.0 cm³/mol. The molecule has 0 radical (unpaired) electrons. The minimum atomic E-state index is -0.545. The Morgan fingerprint density at radius 2 is 2.10 bits per heavy atom. The molecule has 1 amide bonds. The molecule has 2 rings (SSSR count). The number of nitrogens with zero attached hydrogens (tertiary/aromatic N) is 1. The summed E-state index contributed by atoms with van der Waals surface area (Å²) in [6.07, 6.45) is 3.05. The van der Waals surface area contributed by atoms with Gasteiger partial charge in [-0.25, -0.2) is 4.98 Å². The average Bonchev–Trinajstić information content (AvgIpc) is 2.49. The highest BCUT2D eigenvalue weighted by molar-refractivity contribution is 9.10. The lowest BCUT2D eigenvalue weighted by molar-refractivity contribution is -0.117. The van der Waals surface area contributed by atoms with Crippen molar-refractivity contribution in [1.82, 2.24) is 4.98 Å². The Bertz CT molecular complexity index is 616. The standard InChI is InChI=1S/C16H18BrN3O/c1-11-9-15(19-10-13(11)17)20-16(21)14(18)8-7-12-5-3-2-4-6-12/h2-6,9-10,14H,7-8,18H2,1H3,(H,19,20,21). The first-order valence-corrected chi connectivity index (χ1v) is 7.58. The summed E-state index contributed by atoms with van der Waals surface area (Å²) in [5.74, 6) is 0.316. The Balaban J connectivity index is 1.89. The van der Waals surface area contributed by atoms with Gasteiger partial charge in [0.1, 0.15) is 5.82 Å². The zero-order valence-corrected chi connectivity index (χ0v) is 13.4. The van der Waals surface area contributed by atoms with Crippen LogP contribution in [0.15, 0.2) is 47.1 Å². The van der Waals surface area contributed by atoms with E-state index in [-0.39, 0.29) is 5.91 Å². The third kappa shape index (κ3) is 4.65. The highest BCUT2D eigenvalue weighted by Crippen LogP contribution is 2.17. The number of nitrogens with one attached hydrogen (secondary N) is 1. The number of carbonyl (C=O) groups excluding carboxylic acids is 1. The average molecular weight is 348 g/mol. The molecule has 21 heavy (non-hydrogen) atoms. The summed E-state index contributed by atoms with van der Waals surface area (Å²) < 4.78 is 0.911. The molecule has 1 atom stereocenters. The zero-order valence-electron chi connectivity index (χ0n) is 11.8. The molecule has 0 bridgehead atoms. The molecule has 5 heteroatoms. The van der Waals surface area contributed by atoms with Gasteiger partial charge in [-0.2, -0.15) is 0 Å². The number of pyridine rings is 1. The molecule has 0 aliphatic rings. The molecule has 110 valence electrons. The van der Waals surface area contributed by atoms with E-state index in [1.807, 2.05) is 43.3 Å². The zero-order chi connectivity index (χ0) is 15.2. The van der Waals surface area contributed by atoms with Crippen molar-refractivity contribution in [3.63, 3.8) is 0 Å². The molecule has 2 aromatic rings. The highest BCUT2D eigenvalue weighted by Gasteiger charge is 2.14. The van der Waals surface area contributed by atoms with E-state index in [9.17, 15) is 4.79 Å². The summed E-state index contributed by atoms with van der Waals surface area (Å²) in [5, 5.41) is 2.75. The minimum Gasteiger partial charge on any atom is -0.320 e. The molecule has 0 fully saturated rings. The Morgan fingerprint density at radius 3 is 2.76 bits per heavy atom. The van der Waals surface area contributed by atoms with Gasteiger partial charge < -0.3 is 11.1 Å². The van der Waals surface area contributed by atoms with Crippen LogP contribution in [0.2, 0.25) is 0 Å². The van der Waals surface area contributed by atoms with E-state index < -0.39 is 6.04 Å². The van der Waals surface area contributed by atoms with Crippen LogP contribution < -0.4 is 11.1 Å². The molecule has 3 N–H and O–H groups in total. The molecule has 1 aromatic heterocycles. The number of amides is 1. The molecule has 1 heterocycles. The van der Waals surface area contributed by atoms with Crippen LogP contribution >= 0.6 is 15.9 Å². The van der Waals surface area contributed by atoms with Gasteiger partial charge in [-0.05, 0) is 52.9 Å². The topological polar surface area (TPSA) is 68.0 Å². The van der Waals surface area contributed by atoms with Crippen molar-refractivity contribution in [3.05, 3.63) is 58.2 Å². The van der Waals surface area contributed by atoms with E-state index in [2.05, 4.69) is 26.2 Å². The molecule has 4 nitrogen and oxygen atoms in total. The second-order valence-electron chi connectivity index (χ2n) is 4.94. The minimum absolute atomic E-state index is 0.208. The van der Waals surface area contributed by atoms with Crippen LogP contribution in [0, 0.1) is 6.92 Å². The smallest absolute Gasteiger partial charge is 0.242 e. The van der Waals surface area contributed by atoms with Crippen molar-refractivity contribution in [2.45, 2.75) is 25.8 Å². The lowest BCUT2D eigenvalue weighted by Gasteiger charge is -2.12. The maximum absolute atomic E-state index is 12.0. The van der Waals surface area contributed by atoms with Gasteiger partial charge in [-0.15, -0.1) is 0 Å². The van der Waals surface area contributed by atoms with Gasteiger partial charge in [0.05, 0.1) is 6.04 Å². The summed E-state index contributed by atoms with van der Waals surface area (Å²) >= 11 is 3.38. The molecule has 0 aliphatic carbocycles. The van der Waals surface area contributed by atoms with Crippen molar-refractivity contribution in [1.29, 1.82) is 0 Å². The number of rotatable bonds is 5.